The first-order valence-corrected chi connectivity index (χ1v) is 6.59. The van der Waals surface area contributed by atoms with E-state index < -0.39 is 6.10 Å². The number of ether oxygens (including phenoxy) is 2. The van der Waals surface area contributed by atoms with Gasteiger partial charge in [-0.25, -0.2) is 0 Å². The summed E-state index contributed by atoms with van der Waals surface area (Å²) >= 11 is 5.78. The second-order valence-corrected chi connectivity index (χ2v) is 4.92. The van der Waals surface area contributed by atoms with Gasteiger partial charge in [-0.15, -0.1) is 0 Å². The maximum absolute atomic E-state index is 9.90. The Morgan fingerprint density at radius 2 is 1.94 bits per heavy atom. The van der Waals surface area contributed by atoms with Gasteiger partial charge in [0.25, 0.3) is 0 Å². The molecule has 1 fully saturated rings. The van der Waals surface area contributed by atoms with Crippen molar-refractivity contribution in [3.8, 4) is 5.75 Å². The highest BCUT2D eigenvalue weighted by Crippen LogP contribution is 2.15. The van der Waals surface area contributed by atoms with Crippen LogP contribution in [0.25, 0.3) is 0 Å². The average molecular weight is 273 g/mol. The van der Waals surface area contributed by atoms with Crippen LogP contribution in [0.5, 0.6) is 5.75 Å². The zero-order chi connectivity index (χ0) is 12.8. The lowest BCUT2D eigenvalue weighted by Crippen LogP contribution is -3.15. The standard InChI is InChI=1S/C13H18ClNO3/c14-11-1-3-13(4-2-11)18-10-12(16)9-15-5-7-17-8-6-15/h1-4,12,16H,5-10H2/p+1/t12-/m0/s1. The number of hydrogen-bond donors (Lipinski definition) is 2. The van der Waals surface area contributed by atoms with E-state index in [1.54, 1.807) is 24.3 Å². The molecule has 0 unspecified atom stereocenters. The monoisotopic (exact) mass is 272 g/mol. The molecule has 18 heavy (non-hydrogen) atoms. The van der Waals surface area contributed by atoms with Crippen molar-refractivity contribution in [2.24, 2.45) is 0 Å². The zero-order valence-electron chi connectivity index (χ0n) is 10.3. The average Bonchev–Trinajstić information content (AvgIpc) is 2.39. The van der Waals surface area contributed by atoms with Crippen molar-refractivity contribution in [2.75, 3.05) is 39.5 Å². The van der Waals surface area contributed by atoms with Crippen LogP contribution in [0.3, 0.4) is 0 Å². The highest BCUT2D eigenvalue weighted by molar-refractivity contribution is 6.30. The van der Waals surface area contributed by atoms with Crippen molar-refractivity contribution in [1.82, 2.24) is 0 Å². The molecule has 1 aliphatic rings. The molecule has 1 heterocycles. The molecule has 0 amide bonds. The van der Waals surface area contributed by atoms with Gasteiger partial charge < -0.3 is 19.5 Å². The molecule has 0 saturated carbocycles. The Morgan fingerprint density at radius 1 is 1.28 bits per heavy atom. The van der Waals surface area contributed by atoms with Crippen molar-refractivity contribution in [3.05, 3.63) is 29.3 Å². The topological polar surface area (TPSA) is 43.1 Å². The van der Waals surface area contributed by atoms with Gasteiger partial charge in [0.1, 0.15) is 38.1 Å². The molecule has 0 bridgehead atoms. The maximum atomic E-state index is 9.90. The molecule has 100 valence electrons. The first kappa shape index (κ1) is 13.6. The number of morpholine rings is 1. The second kappa shape index (κ2) is 6.95. The molecule has 2 rings (SSSR count). The van der Waals surface area contributed by atoms with Gasteiger partial charge >= 0.3 is 0 Å². The van der Waals surface area contributed by atoms with Crippen molar-refractivity contribution >= 4 is 11.6 Å². The molecule has 0 aliphatic carbocycles. The summed E-state index contributed by atoms with van der Waals surface area (Å²) in [6.45, 7) is 4.49. The summed E-state index contributed by atoms with van der Waals surface area (Å²) in [5.41, 5.74) is 0. The molecular formula is C13H19ClNO3+. The Hall–Kier alpha value is -0.810. The van der Waals surface area contributed by atoms with E-state index in [0.717, 1.165) is 32.1 Å². The summed E-state index contributed by atoms with van der Waals surface area (Å²) in [6, 6.07) is 7.15. The van der Waals surface area contributed by atoms with E-state index in [9.17, 15) is 5.11 Å². The Kier molecular flexibility index (Phi) is 5.26. The van der Waals surface area contributed by atoms with Crippen LogP contribution in [-0.4, -0.2) is 50.7 Å². The van der Waals surface area contributed by atoms with Crippen LogP contribution in [0, 0.1) is 0 Å². The third-order valence-electron chi connectivity index (χ3n) is 2.98. The van der Waals surface area contributed by atoms with Crippen LogP contribution in [0.2, 0.25) is 5.02 Å². The van der Waals surface area contributed by atoms with Crippen LogP contribution in [0.15, 0.2) is 24.3 Å². The molecule has 4 nitrogen and oxygen atoms in total. The third-order valence-corrected chi connectivity index (χ3v) is 3.23. The smallest absolute Gasteiger partial charge is 0.137 e. The summed E-state index contributed by atoms with van der Waals surface area (Å²) in [5.74, 6) is 0.732. The summed E-state index contributed by atoms with van der Waals surface area (Å²) < 4.78 is 10.8. The van der Waals surface area contributed by atoms with Gasteiger partial charge in [-0.3, -0.25) is 0 Å². The van der Waals surface area contributed by atoms with Crippen molar-refractivity contribution < 1.29 is 19.5 Å². The largest absolute Gasteiger partial charge is 0.491 e. The molecule has 0 spiro atoms. The number of hydrogen-bond acceptors (Lipinski definition) is 3. The lowest BCUT2D eigenvalue weighted by atomic mass is 10.3. The molecule has 0 radical (unpaired) electrons. The Labute approximate surface area is 112 Å². The fraction of sp³-hybridized carbons (Fsp3) is 0.538. The second-order valence-electron chi connectivity index (χ2n) is 4.49. The van der Waals surface area contributed by atoms with E-state index in [-0.39, 0.29) is 0 Å². The van der Waals surface area contributed by atoms with E-state index in [1.165, 1.54) is 4.90 Å². The fourth-order valence-corrected chi connectivity index (χ4v) is 2.11. The van der Waals surface area contributed by atoms with Crippen LogP contribution in [-0.2, 0) is 4.74 Å². The minimum atomic E-state index is -0.450. The summed E-state index contributed by atoms with van der Waals surface area (Å²) in [5, 5.41) is 10.6. The number of halogens is 1. The summed E-state index contributed by atoms with van der Waals surface area (Å²) in [6.07, 6.45) is -0.450. The minimum Gasteiger partial charge on any atom is -0.491 e. The number of nitrogens with one attached hydrogen (secondary N) is 1. The van der Waals surface area contributed by atoms with Crippen LogP contribution in [0.4, 0.5) is 0 Å². The van der Waals surface area contributed by atoms with Crippen molar-refractivity contribution in [2.45, 2.75) is 6.10 Å². The highest BCUT2D eigenvalue weighted by Gasteiger charge is 2.18. The molecule has 0 aromatic heterocycles. The molecular weight excluding hydrogens is 254 g/mol. The number of rotatable bonds is 5. The van der Waals surface area contributed by atoms with Crippen LogP contribution >= 0.6 is 11.6 Å². The first-order valence-electron chi connectivity index (χ1n) is 6.22. The lowest BCUT2D eigenvalue weighted by Gasteiger charge is -2.25. The summed E-state index contributed by atoms with van der Waals surface area (Å²) in [4.78, 5) is 1.37. The Morgan fingerprint density at radius 3 is 2.61 bits per heavy atom. The number of aliphatic hydroxyl groups is 1. The van der Waals surface area contributed by atoms with Gasteiger partial charge in [0.2, 0.25) is 0 Å². The molecule has 1 aromatic carbocycles. The number of benzene rings is 1. The molecule has 1 aliphatic heterocycles. The predicted octanol–water partition coefficient (Wildman–Crippen LogP) is -0.00520. The Bertz CT molecular complexity index is 352. The SMILES string of the molecule is O[C@H](COc1ccc(Cl)cc1)C[NH+]1CCOCC1. The van der Waals surface area contributed by atoms with E-state index in [2.05, 4.69) is 0 Å². The quantitative estimate of drug-likeness (QED) is 0.793. The molecule has 1 saturated heterocycles. The fourth-order valence-electron chi connectivity index (χ4n) is 1.98. The van der Waals surface area contributed by atoms with Crippen molar-refractivity contribution in [3.63, 3.8) is 0 Å². The Balaban J connectivity index is 1.70. The van der Waals surface area contributed by atoms with Gasteiger partial charge in [-0.2, -0.15) is 0 Å². The first-order chi connectivity index (χ1) is 8.74. The highest BCUT2D eigenvalue weighted by atomic mass is 35.5. The molecule has 1 atom stereocenters. The van der Waals surface area contributed by atoms with E-state index in [4.69, 9.17) is 21.1 Å². The van der Waals surface area contributed by atoms with Gasteiger partial charge in [-0.1, -0.05) is 11.6 Å². The van der Waals surface area contributed by atoms with E-state index in [0.29, 0.717) is 18.2 Å². The van der Waals surface area contributed by atoms with E-state index >= 15 is 0 Å². The summed E-state index contributed by atoms with van der Waals surface area (Å²) in [7, 11) is 0. The predicted molar refractivity (Wildman–Crippen MR) is 69.3 cm³/mol. The normalized spacial score (nSPS) is 18.6. The van der Waals surface area contributed by atoms with E-state index in [1.807, 2.05) is 0 Å². The maximum Gasteiger partial charge on any atom is 0.137 e. The lowest BCUT2D eigenvalue weighted by molar-refractivity contribution is -0.911. The number of quaternary nitrogens is 1. The molecule has 1 aromatic rings. The van der Waals surface area contributed by atoms with Crippen LogP contribution in [0.1, 0.15) is 0 Å². The zero-order valence-corrected chi connectivity index (χ0v) is 11.0. The molecule has 2 N–H and O–H groups in total. The minimum absolute atomic E-state index is 0.311. The number of aliphatic hydroxyl groups excluding tert-OH is 1. The van der Waals surface area contributed by atoms with Gasteiger partial charge in [0.15, 0.2) is 0 Å². The van der Waals surface area contributed by atoms with Gasteiger partial charge in [-0.05, 0) is 24.3 Å². The van der Waals surface area contributed by atoms with Gasteiger partial charge in [0.05, 0.1) is 13.2 Å². The molecule has 5 heteroatoms. The van der Waals surface area contributed by atoms with Crippen molar-refractivity contribution in [1.29, 1.82) is 0 Å². The third kappa shape index (κ3) is 4.46. The van der Waals surface area contributed by atoms with Crippen LogP contribution < -0.4 is 9.64 Å². The van der Waals surface area contributed by atoms with Gasteiger partial charge in [0, 0.05) is 5.02 Å².